The van der Waals surface area contributed by atoms with Crippen molar-refractivity contribution in [2.75, 3.05) is 5.88 Å². The summed E-state index contributed by atoms with van der Waals surface area (Å²) >= 11 is 10.8. The van der Waals surface area contributed by atoms with Gasteiger partial charge >= 0.3 is 0 Å². The second-order valence-corrected chi connectivity index (χ2v) is 6.33. The molecule has 6 heteroatoms. The molecule has 0 unspecified atom stereocenters. The van der Waals surface area contributed by atoms with Crippen LogP contribution in [0, 0.1) is 0 Å². The number of aromatic nitrogens is 3. The summed E-state index contributed by atoms with van der Waals surface area (Å²) in [6, 6.07) is 4.14. The van der Waals surface area contributed by atoms with Crippen LogP contribution >= 0.6 is 38.9 Å². The highest BCUT2D eigenvalue weighted by Gasteiger charge is 2.03. The lowest BCUT2D eigenvalue weighted by Crippen LogP contribution is -1.98. The van der Waals surface area contributed by atoms with Gasteiger partial charge in [0.15, 0.2) is 0 Å². The smallest absolute Gasteiger partial charge is 0.0827 e. The van der Waals surface area contributed by atoms with Gasteiger partial charge in [-0.15, -0.1) is 28.0 Å². The predicted molar refractivity (Wildman–Crippen MR) is 70.2 cm³/mol. The van der Waals surface area contributed by atoms with Crippen LogP contribution in [0.25, 0.3) is 0 Å². The number of halogens is 2. The van der Waals surface area contributed by atoms with Gasteiger partial charge in [0.2, 0.25) is 0 Å². The third kappa shape index (κ3) is 3.30. The molecule has 0 radical (unpaired) electrons. The fourth-order valence-electron chi connectivity index (χ4n) is 1.37. The first-order valence-electron chi connectivity index (χ1n) is 4.97. The van der Waals surface area contributed by atoms with Gasteiger partial charge in [0.1, 0.15) is 0 Å². The van der Waals surface area contributed by atoms with Crippen molar-refractivity contribution < 1.29 is 0 Å². The molecule has 2 aromatic rings. The summed E-state index contributed by atoms with van der Waals surface area (Å²) in [5, 5.41) is 8.19. The monoisotopic (exact) mass is 319 g/mol. The number of thiophene rings is 1. The van der Waals surface area contributed by atoms with E-state index in [2.05, 4.69) is 32.3 Å². The van der Waals surface area contributed by atoms with Crippen LogP contribution in [0.5, 0.6) is 0 Å². The van der Waals surface area contributed by atoms with Crippen LogP contribution in [0.4, 0.5) is 0 Å². The zero-order valence-electron chi connectivity index (χ0n) is 8.57. The van der Waals surface area contributed by atoms with Gasteiger partial charge in [-0.05, 0) is 40.9 Å². The molecule has 0 bridgehead atoms. The number of alkyl halides is 1. The molecule has 0 aromatic carbocycles. The maximum Gasteiger partial charge on any atom is 0.0827 e. The van der Waals surface area contributed by atoms with E-state index in [-0.39, 0.29) is 0 Å². The zero-order chi connectivity index (χ0) is 11.4. The van der Waals surface area contributed by atoms with E-state index in [1.807, 2.05) is 16.9 Å². The quantitative estimate of drug-likeness (QED) is 0.791. The Balaban J connectivity index is 1.97. The molecular weight excluding hydrogens is 310 g/mol. The average molecular weight is 321 g/mol. The Morgan fingerprint density at radius 3 is 3.00 bits per heavy atom. The Hall–Kier alpha value is -0.390. The van der Waals surface area contributed by atoms with Crippen LogP contribution in [0.2, 0.25) is 0 Å². The van der Waals surface area contributed by atoms with Gasteiger partial charge in [-0.2, -0.15) is 0 Å². The summed E-state index contributed by atoms with van der Waals surface area (Å²) in [6.07, 6.45) is 3.84. The third-order valence-electron chi connectivity index (χ3n) is 2.10. The maximum atomic E-state index is 5.63. The molecule has 0 saturated heterocycles. The molecule has 2 rings (SSSR count). The van der Waals surface area contributed by atoms with Crippen molar-refractivity contribution >= 4 is 38.9 Å². The van der Waals surface area contributed by atoms with E-state index in [0.29, 0.717) is 5.88 Å². The first kappa shape index (κ1) is 12.1. The molecule has 0 atom stereocenters. The Morgan fingerprint density at radius 1 is 1.44 bits per heavy atom. The van der Waals surface area contributed by atoms with Crippen LogP contribution in [0.1, 0.15) is 17.0 Å². The molecular formula is C10H11BrClN3S. The van der Waals surface area contributed by atoms with Crippen molar-refractivity contribution in [1.82, 2.24) is 15.0 Å². The van der Waals surface area contributed by atoms with E-state index >= 15 is 0 Å². The highest BCUT2D eigenvalue weighted by Crippen LogP contribution is 2.22. The summed E-state index contributed by atoms with van der Waals surface area (Å²) in [5.74, 6) is 0.671. The molecule has 0 aliphatic carbocycles. The second-order valence-electron chi connectivity index (χ2n) is 3.41. The minimum absolute atomic E-state index is 0.671. The number of nitrogens with zero attached hydrogens (tertiary/aromatic N) is 3. The van der Waals surface area contributed by atoms with Crippen molar-refractivity contribution in [2.45, 2.75) is 19.4 Å². The summed E-state index contributed by atoms with van der Waals surface area (Å²) in [4.78, 5) is 1.26. The number of hydrogen-bond donors (Lipinski definition) is 0. The predicted octanol–water partition coefficient (Wildman–Crippen LogP) is 3.32. The van der Waals surface area contributed by atoms with Crippen LogP contribution < -0.4 is 0 Å². The van der Waals surface area contributed by atoms with Crippen LogP contribution in [-0.4, -0.2) is 20.9 Å². The molecule has 0 amide bonds. The van der Waals surface area contributed by atoms with Crippen LogP contribution in [0.15, 0.2) is 22.1 Å². The molecule has 0 N–H and O–H groups in total. The fourth-order valence-corrected chi connectivity index (χ4v) is 2.98. The normalized spacial score (nSPS) is 10.9. The van der Waals surface area contributed by atoms with E-state index in [1.54, 1.807) is 11.3 Å². The van der Waals surface area contributed by atoms with Gasteiger partial charge in [-0.1, -0.05) is 5.21 Å². The Labute approximate surface area is 112 Å². The molecule has 0 saturated carbocycles. The van der Waals surface area contributed by atoms with Crippen LogP contribution in [0.3, 0.4) is 0 Å². The summed E-state index contributed by atoms with van der Waals surface area (Å²) in [6.45, 7) is 0.782. The molecule has 3 nitrogen and oxygen atoms in total. The lowest BCUT2D eigenvalue weighted by molar-refractivity contribution is 0.655. The van der Waals surface area contributed by atoms with Crippen molar-refractivity contribution in [3.8, 4) is 0 Å². The molecule has 2 aromatic heterocycles. The van der Waals surface area contributed by atoms with Crippen molar-refractivity contribution in [2.24, 2.45) is 0 Å². The zero-order valence-corrected chi connectivity index (χ0v) is 11.7. The standard InChI is InChI=1S/C10H11BrClN3S/c11-10-4-3-9(16-10)7-15-6-8(13-14-15)2-1-5-12/h3-4,6H,1-2,5,7H2. The molecule has 2 heterocycles. The van der Waals surface area contributed by atoms with E-state index < -0.39 is 0 Å². The van der Waals surface area contributed by atoms with Gasteiger partial charge in [-0.25, -0.2) is 4.68 Å². The van der Waals surface area contributed by atoms with Gasteiger partial charge in [0.25, 0.3) is 0 Å². The lowest BCUT2D eigenvalue weighted by Gasteiger charge is -1.95. The highest BCUT2D eigenvalue weighted by atomic mass is 79.9. The molecule has 16 heavy (non-hydrogen) atoms. The lowest BCUT2D eigenvalue weighted by atomic mass is 10.3. The number of aryl methyl sites for hydroxylation is 1. The van der Waals surface area contributed by atoms with Gasteiger partial charge < -0.3 is 0 Å². The minimum atomic E-state index is 0.671. The molecule has 0 spiro atoms. The van der Waals surface area contributed by atoms with E-state index in [4.69, 9.17) is 11.6 Å². The summed E-state index contributed by atoms with van der Waals surface area (Å²) in [7, 11) is 0. The van der Waals surface area contributed by atoms with Gasteiger partial charge in [-0.3, -0.25) is 0 Å². The molecule has 0 aliphatic heterocycles. The Kier molecular flexibility index (Phi) is 4.37. The van der Waals surface area contributed by atoms with E-state index in [1.165, 1.54) is 4.88 Å². The maximum absolute atomic E-state index is 5.63. The minimum Gasteiger partial charge on any atom is -0.247 e. The van der Waals surface area contributed by atoms with E-state index in [9.17, 15) is 0 Å². The van der Waals surface area contributed by atoms with Gasteiger partial charge in [0.05, 0.1) is 16.0 Å². The second kappa shape index (κ2) is 5.80. The number of rotatable bonds is 5. The third-order valence-corrected chi connectivity index (χ3v) is 3.97. The largest absolute Gasteiger partial charge is 0.247 e. The Morgan fingerprint density at radius 2 is 2.31 bits per heavy atom. The molecule has 86 valence electrons. The first-order valence-corrected chi connectivity index (χ1v) is 7.11. The van der Waals surface area contributed by atoms with E-state index in [0.717, 1.165) is 28.9 Å². The van der Waals surface area contributed by atoms with Crippen molar-refractivity contribution in [3.05, 3.63) is 32.7 Å². The fraction of sp³-hybridized carbons (Fsp3) is 0.400. The average Bonchev–Trinajstić information content (AvgIpc) is 2.86. The Bertz CT molecular complexity index is 454. The number of hydrogen-bond acceptors (Lipinski definition) is 3. The van der Waals surface area contributed by atoms with Crippen LogP contribution in [-0.2, 0) is 13.0 Å². The van der Waals surface area contributed by atoms with Crippen molar-refractivity contribution in [1.29, 1.82) is 0 Å². The molecule has 0 aliphatic rings. The topological polar surface area (TPSA) is 30.7 Å². The van der Waals surface area contributed by atoms with Crippen molar-refractivity contribution in [3.63, 3.8) is 0 Å². The first-order chi connectivity index (χ1) is 7.78. The highest BCUT2D eigenvalue weighted by molar-refractivity contribution is 9.11. The van der Waals surface area contributed by atoms with Gasteiger partial charge in [0, 0.05) is 17.0 Å². The summed E-state index contributed by atoms with van der Waals surface area (Å²) in [5.41, 5.74) is 1.01. The SMILES string of the molecule is ClCCCc1cn(Cc2ccc(Br)s2)nn1. The summed E-state index contributed by atoms with van der Waals surface area (Å²) < 4.78 is 3.01. The molecule has 0 fully saturated rings.